The molecule has 0 bridgehead atoms. The van der Waals surface area contributed by atoms with Gasteiger partial charge >= 0.3 is 16.4 Å². The second-order valence-electron chi connectivity index (χ2n) is 3.81. The maximum atomic E-state index is 11.4. The molecule has 1 fully saturated rings. The Morgan fingerprint density at radius 1 is 1.60 bits per heavy atom. The van der Waals surface area contributed by atoms with E-state index in [9.17, 15) is 13.2 Å². The lowest BCUT2D eigenvalue weighted by Gasteiger charge is -2.10. The monoisotopic (exact) mass is 237 g/mol. The van der Waals surface area contributed by atoms with Crippen molar-refractivity contribution in [2.45, 2.75) is 26.4 Å². The van der Waals surface area contributed by atoms with Crippen LogP contribution in [0.15, 0.2) is 0 Å². The third-order valence-corrected chi connectivity index (χ3v) is 3.36. The number of methoxy groups -OCH3 is 1. The highest BCUT2D eigenvalue weighted by molar-refractivity contribution is 7.85. The first-order valence-corrected chi connectivity index (χ1v) is 6.02. The summed E-state index contributed by atoms with van der Waals surface area (Å²) in [6.45, 7) is 3.95. The second kappa shape index (κ2) is 4.36. The van der Waals surface area contributed by atoms with E-state index in [1.165, 1.54) is 0 Å². The maximum absolute atomic E-state index is 11.4. The SMILES string of the molecule is COC(=O)N1C[C@H](CC(C)C)OS1(=O)=O. The van der Waals surface area contributed by atoms with Crippen molar-refractivity contribution < 1.29 is 22.1 Å². The molecule has 1 atom stereocenters. The zero-order chi connectivity index (χ0) is 11.6. The Hall–Kier alpha value is -0.820. The van der Waals surface area contributed by atoms with E-state index in [1.54, 1.807) is 0 Å². The number of hydrogen-bond acceptors (Lipinski definition) is 5. The minimum atomic E-state index is -3.93. The van der Waals surface area contributed by atoms with Crippen LogP contribution < -0.4 is 0 Å². The van der Waals surface area contributed by atoms with Crippen molar-refractivity contribution in [1.82, 2.24) is 4.31 Å². The Bertz CT molecular complexity index is 337. The summed E-state index contributed by atoms with van der Waals surface area (Å²) < 4.78 is 32.5. The van der Waals surface area contributed by atoms with Crippen molar-refractivity contribution in [3.05, 3.63) is 0 Å². The molecule has 1 amide bonds. The molecule has 6 nitrogen and oxygen atoms in total. The molecule has 0 N–H and O–H groups in total. The molecule has 0 saturated carbocycles. The Labute approximate surface area is 89.4 Å². The number of amides is 1. The van der Waals surface area contributed by atoms with Crippen LogP contribution in [0.5, 0.6) is 0 Å². The fourth-order valence-corrected chi connectivity index (χ4v) is 2.63. The molecule has 1 saturated heterocycles. The molecule has 1 heterocycles. The smallest absolute Gasteiger partial charge is 0.425 e. The van der Waals surface area contributed by atoms with Gasteiger partial charge in [-0.2, -0.15) is 12.7 Å². The molecule has 0 aromatic heterocycles. The van der Waals surface area contributed by atoms with Gasteiger partial charge in [0, 0.05) is 0 Å². The summed E-state index contributed by atoms with van der Waals surface area (Å²) in [5.74, 6) is 0.308. The molecular formula is C8H15NO5S. The van der Waals surface area contributed by atoms with E-state index in [0.29, 0.717) is 16.6 Å². The van der Waals surface area contributed by atoms with Crippen molar-refractivity contribution in [3.8, 4) is 0 Å². The minimum Gasteiger partial charge on any atom is -0.452 e. The first-order chi connectivity index (χ1) is 6.86. The summed E-state index contributed by atoms with van der Waals surface area (Å²) in [6, 6.07) is 0. The van der Waals surface area contributed by atoms with Crippen LogP contribution in [0.1, 0.15) is 20.3 Å². The Morgan fingerprint density at radius 2 is 2.20 bits per heavy atom. The molecule has 0 spiro atoms. The summed E-state index contributed by atoms with van der Waals surface area (Å²) in [4.78, 5) is 11.1. The predicted molar refractivity (Wildman–Crippen MR) is 52.4 cm³/mol. The van der Waals surface area contributed by atoms with Gasteiger partial charge in [-0.05, 0) is 12.3 Å². The Balaban J connectivity index is 2.73. The van der Waals surface area contributed by atoms with Crippen molar-refractivity contribution in [2.75, 3.05) is 13.7 Å². The average molecular weight is 237 g/mol. The molecule has 15 heavy (non-hydrogen) atoms. The number of nitrogens with zero attached hydrogens (tertiary/aromatic N) is 1. The van der Waals surface area contributed by atoms with Crippen LogP contribution in [0.3, 0.4) is 0 Å². The Kier molecular flexibility index (Phi) is 3.56. The third-order valence-electron chi connectivity index (χ3n) is 2.01. The van der Waals surface area contributed by atoms with E-state index in [0.717, 1.165) is 7.11 Å². The van der Waals surface area contributed by atoms with Gasteiger partial charge < -0.3 is 4.74 Å². The standard InChI is InChI=1S/C8H15NO5S/c1-6(2)4-7-5-9(8(10)13-3)15(11,12)14-7/h6-7H,4-5H2,1-3H3/t7-/m0/s1. The van der Waals surface area contributed by atoms with E-state index >= 15 is 0 Å². The molecule has 1 aliphatic heterocycles. The fourth-order valence-electron chi connectivity index (χ4n) is 1.44. The van der Waals surface area contributed by atoms with Crippen LogP contribution in [-0.4, -0.2) is 38.6 Å². The highest BCUT2D eigenvalue weighted by atomic mass is 32.2. The number of ether oxygens (including phenoxy) is 1. The molecule has 7 heteroatoms. The molecule has 0 aromatic carbocycles. The topological polar surface area (TPSA) is 72.9 Å². The van der Waals surface area contributed by atoms with E-state index in [-0.39, 0.29) is 6.54 Å². The molecule has 1 rings (SSSR count). The average Bonchev–Trinajstić information content (AvgIpc) is 2.38. The number of hydrogen-bond donors (Lipinski definition) is 0. The molecule has 88 valence electrons. The summed E-state index contributed by atoms with van der Waals surface area (Å²) >= 11 is 0. The largest absolute Gasteiger partial charge is 0.452 e. The molecule has 0 aliphatic carbocycles. The summed E-state index contributed by atoms with van der Waals surface area (Å²) in [5, 5.41) is 0. The normalized spacial score (nSPS) is 24.5. The van der Waals surface area contributed by atoms with Crippen LogP contribution in [0.25, 0.3) is 0 Å². The van der Waals surface area contributed by atoms with Crippen LogP contribution in [0, 0.1) is 5.92 Å². The lowest BCUT2D eigenvalue weighted by atomic mass is 10.1. The van der Waals surface area contributed by atoms with E-state index < -0.39 is 22.5 Å². The minimum absolute atomic E-state index is 0.0349. The zero-order valence-corrected chi connectivity index (χ0v) is 9.78. The van der Waals surface area contributed by atoms with Crippen molar-refractivity contribution in [1.29, 1.82) is 0 Å². The highest BCUT2D eigenvalue weighted by Crippen LogP contribution is 2.23. The van der Waals surface area contributed by atoms with E-state index in [1.807, 2.05) is 13.8 Å². The van der Waals surface area contributed by atoms with Gasteiger partial charge in [0.15, 0.2) is 0 Å². The number of rotatable bonds is 2. The van der Waals surface area contributed by atoms with Crippen molar-refractivity contribution in [2.24, 2.45) is 5.92 Å². The number of carbonyl (C=O) groups is 1. The van der Waals surface area contributed by atoms with Gasteiger partial charge in [0.05, 0.1) is 19.8 Å². The van der Waals surface area contributed by atoms with Crippen LogP contribution in [0.2, 0.25) is 0 Å². The van der Waals surface area contributed by atoms with Crippen molar-refractivity contribution in [3.63, 3.8) is 0 Å². The molecular weight excluding hydrogens is 222 g/mol. The van der Waals surface area contributed by atoms with Gasteiger partial charge in [-0.25, -0.2) is 8.98 Å². The quantitative estimate of drug-likeness (QED) is 0.708. The van der Waals surface area contributed by atoms with Gasteiger partial charge in [0.2, 0.25) is 0 Å². The van der Waals surface area contributed by atoms with Gasteiger partial charge in [0.1, 0.15) is 0 Å². The molecule has 0 radical (unpaired) electrons. The fraction of sp³-hybridized carbons (Fsp3) is 0.875. The maximum Gasteiger partial charge on any atom is 0.425 e. The van der Waals surface area contributed by atoms with Crippen LogP contribution >= 0.6 is 0 Å². The van der Waals surface area contributed by atoms with Gasteiger partial charge in [0.25, 0.3) is 0 Å². The first kappa shape index (κ1) is 12.3. The third kappa shape index (κ3) is 2.82. The van der Waals surface area contributed by atoms with Crippen molar-refractivity contribution >= 4 is 16.4 Å². The van der Waals surface area contributed by atoms with Gasteiger partial charge in [-0.3, -0.25) is 0 Å². The van der Waals surface area contributed by atoms with Gasteiger partial charge in [-0.15, -0.1) is 0 Å². The molecule has 1 aliphatic rings. The lowest BCUT2D eigenvalue weighted by Crippen LogP contribution is -2.32. The summed E-state index contributed by atoms with van der Waals surface area (Å²) in [5.41, 5.74) is 0. The molecule has 0 aromatic rings. The first-order valence-electron chi connectivity index (χ1n) is 4.65. The highest BCUT2D eigenvalue weighted by Gasteiger charge is 2.41. The van der Waals surface area contributed by atoms with Crippen LogP contribution in [0.4, 0.5) is 4.79 Å². The summed E-state index contributed by atoms with van der Waals surface area (Å²) in [7, 11) is -2.80. The summed E-state index contributed by atoms with van der Waals surface area (Å²) in [6.07, 6.45) is -0.775. The van der Waals surface area contributed by atoms with Crippen LogP contribution in [-0.2, 0) is 19.2 Å². The lowest BCUT2D eigenvalue weighted by molar-refractivity contribution is 0.148. The van der Waals surface area contributed by atoms with E-state index in [4.69, 9.17) is 4.18 Å². The van der Waals surface area contributed by atoms with Gasteiger partial charge in [-0.1, -0.05) is 13.8 Å². The molecule has 0 unspecified atom stereocenters. The zero-order valence-electron chi connectivity index (χ0n) is 8.97. The van der Waals surface area contributed by atoms with E-state index in [2.05, 4.69) is 4.74 Å². The second-order valence-corrected chi connectivity index (χ2v) is 5.30. The number of carbonyl (C=O) groups excluding carboxylic acids is 1. The Morgan fingerprint density at radius 3 is 2.67 bits per heavy atom. The predicted octanol–water partition coefficient (Wildman–Crippen LogP) is 0.745.